The van der Waals surface area contributed by atoms with Crippen molar-refractivity contribution in [1.29, 1.82) is 0 Å². The summed E-state index contributed by atoms with van der Waals surface area (Å²) in [6.45, 7) is 4.00. The van der Waals surface area contributed by atoms with Crippen molar-refractivity contribution in [2.45, 2.75) is 20.8 Å². The zero-order chi connectivity index (χ0) is 17.7. The second-order valence-corrected chi connectivity index (χ2v) is 5.60. The van der Waals surface area contributed by atoms with Gasteiger partial charge in [-0.2, -0.15) is 0 Å². The van der Waals surface area contributed by atoms with E-state index in [9.17, 15) is 38.9 Å². The maximum Gasteiger partial charge on any atom is 3.00 e. The van der Waals surface area contributed by atoms with Crippen LogP contribution in [0.2, 0.25) is 0 Å². The van der Waals surface area contributed by atoms with Crippen molar-refractivity contribution in [2.75, 3.05) is 19.8 Å². The third-order valence-corrected chi connectivity index (χ3v) is 2.36. The van der Waals surface area contributed by atoms with Crippen LogP contribution in [0.5, 0.6) is 0 Å². The van der Waals surface area contributed by atoms with Crippen LogP contribution in [0.25, 0.3) is 0 Å². The van der Waals surface area contributed by atoms with Gasteiger partial charge in [0.15, 0.2) is 0 Å². The van der Waals surface area contributed by atoms with Gasteiger partial charge >= 0.3 is 41.3 Å². The summed E-state index contributed by atoms with van der Waals surface area (Å²) in [5.74, 6) is 0. The van der Waals surface area contributed by atoms with E-state index in [4.69, 9.17) is 0 Å². The van der Waals surface area contributed by atoms with Crippen LogP contribution >= 0.6 is 0 Å². The van der Waals surface area contributed by atoms with Crippen LogP contribution in [-0.2, 0) is 43.7 Å². The van der Waals surface area contributed by atoms with Gasteiger partial charge in [0.2, 0.25) is 31.2 Å². The summed E-state index contributed by atoms with van der Waals surface area (Å²) in [5, 5.41) is 0. The van der Waals surface area contributed by atoms with Crippen LogP contribution in [0.1, 0.15) is 20.8 Å². The Bertz CT molecular complexity index is 461. The number of hydrogen-bond acceptors (Lipinski definition) is 12. The number of hydrogen-bond donors (Lipinski definition) is 0. The van der Waals surface area contributed by atoms with E-state index in [2.05, 4.69) is 12.5 Å². The molecule has 0 aromatic rings. The molecule has 0 aliphatic heterocycles. The standard InChI is InChI=1S/3C2H6O4S.9H2O.Pr/c3*1-2-6-7(3,4)5;;;;;;;;;;/h3*2H2,1H3,(H,3,4,5);9*1H2;/q;;;;;;;;;;;;+3/p-3. The van der Waals surface area contributed by atoms with Gasteiger partial charge in [0, 0.05) is 0 Å². The molecule has 25 heteroatoms. The second-order valence-electron chi connectivity index (χ2n) is 2.44. The van der Waals surface area contributed by atoms with Crippen LogP contribution in [-0.4, -0.2) is 108 Å². The SMILES string of the molecule is CCOS(=O)(=O)[O-].CCOS(=O)(=O)[O-].CCOS(=O)(=O)[O-].O.O.O.O.O.O.O.O.O.[Pr+3]. The molecule has 0 spiro atoms. The minimum absolute atomic E-state index is 0. The third-order valence-electron chi connectivity index (χ3n) is 0.787. The maximum absolute atomic E-state index is 9.45. The fourth-order valence-corrected chi connectivity index (χ4v) is 1.30. The first kappa shape index (κ1) is 85.5. The van der Waals surface area contributed by atoms with Crippen molar-refractivity contribution in [3.63, 3.8) is 0 Å². The van der Waals surface area contributed by atoms with E-state index in [1.165, 1.54) is 20.8 Å². The summed E-state index contributed by atoms with van der Waals surface area (Å²) in [7, 11) is -13.3. The Hall–Kier alpha value is 0.614. The molecule has 0 rings (SSSR count). The summed E-state index contributed by atoms with van der Waals surface area (Å²) in [5.41, 5.74) is 0. The minimum atomic E-state index is -4.42. The van der Waals surface area contributed by atoms with E-state index in [1.807, 2.05) is 0 Å². The van der Waals surface area contributed by atoms with E-state index in [1.54, 1.807) is 0 Å². The Labute approximate surface area is 212 Å². The fourth-order valence-electron chi connectivity index (χ4n) is 0.433. The van der Waals surface area contributed by atoms with Crippen molar-refractivity contribution in [1.82, 2.24) is 0 Å². The zero-order valence-electron chi connectivity index (χ0n) is 16.3. The first-order valence-electron chi connectivity index (χ1n) is 4.99. The topological polar surface area (TPSA) is 483 Å². The van der Waals surface area contributed by atoms with Crippen LogP contribution in [0.15, 0.2) is 0 Å². The number of rotatable bonds is 6. The van der Waals surface area contributed by atoms with Crippen LogP contribution < -0.4 is 0 Å². The van der Waals surface area contributed by atoms with Gasteiger partial charge in [0.25, 0.3) is 0 Å². The molecule has 0 amide bonds. The van der Waals surface area contributed by atoms with Crippen molar-refractivity contribution in [3.05, 3.63) is 0 Å². The molecule has 0 aromatic heterocycles. The summed E-state index contributed by atoms with van der Waals surface area (Å²) >= 11 is 0. The molecule has 0 aliphatic carbocycles. The van der Waals surface area contributed by atoms with Crippen LogP contribution in [0.3, 0.4) is 0 Å². The molecule has 31 heavy (non-hydrogen) atoms. The molecule has 0 saturated carbocycles. The van der Waals surface area contributed by atoms with E-state index in [0.717, 1.165) is 0 Å². The minimum Gasteiger partial charge on any atom is -0.726 e. The van der Waals surface area contributed by atoms with Gasteiger partial charge in [-0.25, -0.2) is 25.3 Å². The molecule has 0 bridgehead atoms. The molecule has 0 heterocycles. The van der Waals surface area contributed by atoms with Gasteiger partial charge in [-0.1, -0.05) is 0 Å². The van der Waals surface area contributed by atoms with E-state index < -0.39 is 31.2 Å². The van der Waals surface area contributed by atoms with Crippen LogP contribution in [0.4, 0.5) is 0 Å². The maximum atomic E-state index is 9.45. The Balaban J connectivity index is -0.0000000123. The average molecular weight is 678 g/mol. The average Bonchev–Trinajstić information content (AvgIpc) is 2.12. The molecule has 0 radical (unpaired) electrons. The van der Waals surface area contributed by atoms with Crippen LogP contribution in [0, 0.1) is 41.3 Å². The molecule has 0 atom stereocenters. The summed E-state index contributed by atoms with van der Waals surface area (Å²) in [4.78, 5) is 0. The predicted octanol–water partition coefficient (Wildman–Crippen LogP) is -8.97. The molecule has 21 nitrogen and oxygen atoms in total. The van der Waals surface area contributed by atoms with Crippen molar-refractivity contribution in [2.24, 2.45) is 0 Å². The smallest absolute Gasteiger partial charge is 0.726 e. The van der Waals surface area contributed by atoms with Crippen molar-refractivity contribution >= 4 is 31.2 Å². The van der Waals surface area contributed by atoms with E-state index in [-0.39, 0.29) is 110 Å². The van der Waals surface area contributed by atoms with E-state index in [0.29, 0.717) is 0 Å². The molecule has 0 aromatic carbocycles. The van der Waals surface area contributed by atoms with Gasteiger partial charge in [-0.3, -0.25) is 12.5 Å². The molecule has 0 aliphatic rings. The Morgan fingerprint density at radius 1 is 0.452 bits per heavy atom. The molecule has 204 valence electrons. The molecular formula is C6H33O21PrS3. The second kappa shape index (κ2) is 44.3. The Morgan fingerprint density at radius 2 is 0.548 bits per heavy atom. The van der Waals surface area contributed by atoms with Gasteiger partial charge in [0.1, 0.15) is 0 Å². The summed E-state index contributed by atoms with van der Waals surface area (Å²) in [6, 6.07) is 0. The monoisotopic (exact) mass is 678 g/mol. The van der Waals surface area contributed by atoms with Crippen molar-refractivity contribution in [3.8, 4) is 0 Å². The summed E-state index contributed by atoms with van der Waals surface area (Å²) in [6.07, 6.45) is 0. The zero-order valence-corrected chi connectivity index (χ0v) is 22.5. The molecule has 0 saturated heterocycles. The van der Waals surface area contributed by atoms with Gasteiger partial charge in [-0.05, 0) is 20.8 Å². The molecule has 0 unspecified atom stereocenters. The normalized spacial score (nSPS) is 7.94. The first-order valence-corrected chi connectivity index (χ1v) is 8.99. The predicted molar refractivity (Wildman–Crippen MR) is 96.5 cm³/mol. The third kappa shape index (κ3) is 158. The van der Waals surface area contributed by atoms with Gasteiger partial charge in [0.05, 0.1) is 19.8 Å². The molecular weight excluding hydrogens is 645 g/mol. The molecule has 0 fully saturated rings. The van der Waals surface area contributed by atoms with Gasteiger partial charge < -0.3 is 62.9 Å². The van der Waals surface area contributed by atoms with Gasteiger partial charge in [-0.15, -0.1) is 0 Å². The molecule has 18 N–H and O–H groups in total. The fraction of sp³-hybridized carbons (Fsp3) is 1.00. The Kier molecular flexibility index (Phi) is 122. The van der Waals surface area contributed by atoms with E-state index >= 15 is 0 Å². The largest absolute Gasteiger partial charge is 3.00 e. The first-order chi connectivity index (χ1) is 9.18. The quantitative estimate of drug-likeness (QED) is 0.187. The Morgan fingerprint density at radius 3 is 0.548 bits per heavy atom. The summed E-state index contributed by atoms with van der Waals surface area (Å²) < 4.78 is 96.0. The van der Waals surface area contributed by atoms with Crippen molar-refractivity contribution < 1.29 is 142 Å².